The molecule has 0 N–H and O–H groups in total. The minimum atomic E-state index is -0.248. The molecule has 0 unspecified atom stereocenters. The fraction of sp³-hybridized carbons (Fsp3) is 0.476. The molecule has 0 saturated carbocycles. The van der Waals surface area contributed by atoms with Crippen molar-refractivity contribution in [2.24, 2.45) is 0 Å². The Bertz CT molecular complexity index is 972. The molecule has 4 rings (SSSR count). The second-order valence-electron chi connectivity index (χ2n) is 7.65. The van der Waals surface area contributed by atoms with E-state index in [1.165, 1.54) is 6.07 Å². The number of aryl methyl sites for hydroxylation is 3. The zero-order valence-electron chi connectivity index (χ0n) is 16.7. The number of aromatic nitrogens is 1. The lowest BCUT2D eigenvalue weighted by Gasteiger charge is -2.37. The number of fused-ring (bicyclic) bond motifs is 1. The van der Waals surface area contributed by atoms with Gasteiger partial charge in [0, 0.05) is 39.6 Å². The minimum absolute atomic E-state index is 0.00766. The van der Waals surface area contributed by atoms with Gasteiger partial charge in [-0.1, -0.05) is 6.07 Å². The van der Waals surface area contributed by atoms with Crippen LogP contribution in [0.15, 0.2) is 16.5 Å². The molecule has 1 fully saturated rings. The van der Waals surface area contributed by atoms with Crippen LogP contribution < -0.4 is 9.80 Å². The molecular formula is C21H24FN5O2. The quantitative estimate of drug-likeness (QED) is 0.792. The number of carbonyl (C=O) groups excluding carboxylic acids is 1. The highest BCUT2D eigenvalue weighted by molar-refractivity contribution is 5.82. The maximum Gasteiger partial charge on any atom is 0.242 e. The third-order valence-corrected chi connectivity index (χ3v) is 5.54. The Hall–Kier alpha value is -3.08. The third kappa shape index (κ3) is 3.77. The van der Waals surface area contributed by atoms with Gasteiger partial charge in [0.05, 0.1) is 12.2 Å². The molecule has 7 nitrogen and oxygen atoms in total. The van der Waals surface area contributed by atoms with Crippen molar-refractivity contribution < 1.29 is 13.6 Å². The number of oxazole rings is 1. The minimum Gasteiger partial charge on any atom is -0.424 e. The maximum absolute atomic E-state index is 14.6. The third-order valence-electron chi connectivity index (χ3n) is 5.54. The number of hydrogen-bond donors (Lipinski definition) is 0. The van der Waals surface area contributed by atoms with E-state index >= 15 is 0 Å². The number of halogens is 1. The number of benzene rings is 1. The van der Waals surface area contributed by atoms with E-state index in [2.05, 4.69) is 11.1 Å². The molecule has 1 amide bonds. The first-order valence-electron chi connectivity index (χ1n) is 9.90. The zero-order valence-corrected chi connectivity index (χ0v) is 16.7. The molecule has 0 aliphatic carbocycles. The summed E-state index contributed by atoms with van der Waals surface area (Å²) >= 11 is 0. The predicted octanol–water partition coefficient (Wildman–Crippen LogP) is 2.40. The van der Waals surface area contributed by atoms with Gasteiger partial charge < -0.3 is 19.1 Å². The van der Waals surface area contributed by atoms with Crippen LogP contribution in [-0.2, 0) is 11.2 Å². The molecule has 0 bridgehead atoms. The second kappa shape index (κ2) is 7.74. The smallest absolute Gasteiger partial charge is 0.242 e. The fourth-order valence-electron chi connectivity index (χ4n) is 4.21. The Balaban J connectivity index is 1.41. The molecule has 2 aromatic rings. The lowest BCUT2D eigenvalue weighted by Crippen LogP contribution is -2.52. The summed E-state index contributed by atoms with van der Waals surface area (Å²) in [6, 6.07) is 5.60. The average Bonchev–Trinajstić information content (AvgIpc) is 3.08. The van der Waals surface area contributed by atoms with E-state index < -0.39 is 0 Å². The monoisotopic (exact) mass is 397 g/mol. The topological polar surface area (TPSA) is 76.6 Å². The molecule has 0 atom stereocenters. The Morgan fingerprint density at radius 1 is 1.24 bits per heavy atom. The summed E-state index contributed by atoms with van der Waals surface area (Å²) < 4.78 is 20.1. The van der Waals surface area contributed by atoms with Gasteiger partial charge in [-0.3, -0.25) is 4.79 Å². The Kier molecular flexibility index (Phi) is 5.14. The van der Waals surface area contributed by atoms with Crippen molar-refractivity contribution in [3.8, 4) is 6.07 Å². The number of piperazine rings is 1. The van der Waals surface area contributed by atoms with Crippen LogP contribution in [0.3, 0.4) is 0 Å². The lowest BCUT2D eigenvalue weighted by atomic mass is 9.99. The van der Waals surface area contributed by atoms with E-state index in [1.807, 2.05) is 22.8 Å². The van der Waals surface area contributed by atoms with Crippen LogP contribution in [-0.4, -0.2) is 55.1 Å². The summed E-state index contributed by atoms with van der Waals surface area (Å²) in [4.78, 5) is 22.6. The van der Waals surface area contributed by atoms with Gasteiger partial charge in [-0.05, 0) is 37.0 Å². The summed E-state index contributed by atoms with van der Waals surface area (Å²) in [7, 11) is 0. The summed E-state index contributed by atoms with van der Waals surface area (Å²) in [5.74, 6) is 0.671. The van der Waals surface area contributed by atoms with E-state index in [0.717, 1.165) is 24.0 Å². The van der Waals surface area contributed by atoms with Crippen molar-refractivity contribution in [1.82, 2.24) is 9.88 Å². The molecule has 29 heavy (non-hydrogen) atoms. The Morgan fingerprint density at radius 2 is 2.00 bits per heavy atom. The number of rotatable bonds is 3. The number of nitrogens with zero attached hydrogens (tertiary/aromatic N) is 5. The predicted molar refractivity (Wildman–Crippen MR) is 106 cm³/mol. The largest absolute Gasteiger partial charge is 0.424 e. The lowest BCUT2D eigenvalue weighted by molar-refractivity contribution is -0.130. The molecule has 0 radical (unpaired) electrons. The highest BCUT2D eigenvalue weighted by Crippen LogP contribution is 2.31. The van der Waals surface area contributed by atoms with Gasteiger partial charge in [-0.25, -0.2) is 9.37 Å². The molecule has 2 aliphatic heterocycles. The van der Waals surface area contributed by atoms with Crippen LogP contribution in [0.4, 0.5) is 16.0 Å². The van der Waals surface area contributed by atoms with Crippen molar-refractivity contribution in [2.75, 3.05) is 49.1 Å². The highest BCUT2D eigenvalue weighted by atomic mass is 19.1. The van der Waals surface area contributed by atoms with Gasteiger partial charge in [-0.2, -0.15) is 5.26 Å². The number of hydrogen-bond acceptors (Lipinski definition) is 6. The van der Waals surface area contributed by atoms with Crippen molar-refractivity contribution in [1.29, 1.82) is 5.26 Å². The number of carbonyl (C=O) groups is 1. The van der Waals surface area contributed by atoms with Crippen molar-refractivity contribution in [3.05, 3.63) is 40.7 Å². The van der Waals surface area contributed by atoms with Gasteiger partial charge >= 0.3 is 0 Å². The molecule has 1 aromatic heterocycles. The van der Waals surface area contributed by atoms with Gasteiger partial charge in [-0.15, -0.1) is 0 Å². The molecule has 8 heteroatoms. The SMILES string of the molecule is Cc1cc(F)c2c(c1)CCCN2CC(=O)N1CCN(c2oc(C)nc2C#N)CC1. The second-order valence-corrected chi connectivity index (χ2v) is 7.65. The number of nitriles is 1. The fourth-order valence-corrected chi connectivity index (χ4v) is 4.21. The van der Waals surface area contributed by atoms with E-state index in [4.69, 9.17) is 4.42 Å². The van der Waals surface area contributed by atoms with Crippen molar-refractivity contribution in [3.63, 3.8) is 0 Å². The number of amides is 1. The molecule has 1 aromatic carbocycles. The standard InChI is InChI=1S/C21H24FN5O2/c1-14-10-16-4-3-5-27(20(16)17(22)11-14)13-19(28)25-6-8-26(9-7-25)21-18(12-23)24-15(2)29-21/h10-11H,3-9,13H2,1-2H3. The van der Waals surface area contributed by atoms with Crippen LogP contribution in [0, 0.1) is 31.0 Å². The van der Waals surface area contributed by atoms with E-state index in [9.17, 15) is 14.4 Å². The molecule has 3 heterocycles. The first-order valence-corrected chi connectivity index (χ1v) is 9.90. The average molecular weight is 397 g/mol. The Morgan fingerprint density at radius 3 is 2.72 bits per heavy atom. The van der Waals surface area contributed by atoms with Crippen molar-refractivity contribution in [2.45, 2.75) is 26.7 Å². The van der Waals surface area contributed by atoms with Crippen molar-refractivity contribution >= 4 is 17.5 Å². The molecule has 152 valence electrons. The van der Waals surface area contributed by atoms with E-state index in [-0.39, 0.29) is 24.0 Å². The van der Waals surface area contributed by atoms with Crippen LogP contribution in [0.1, 0.15) is 29.1 Å². The first kappa shape index (κ1) is 19.2. The summed E-state index contributed by atoms with van der Waals surface area (Å²) in [6.07, 6.45) is 1.76. The van der Waals surface area contributed by atoms with E-state index in [1.54, 1.807) is 11.8 Å². The first-order chi connectivity index (χ1) is 14.0. The number of anilines is 2. The summed E-state index contributed by atoms with van der Waals surface area (Å²) in [5, 5.41) is 9.20. The summed E-state index contributed by atoms with van der Waals surface area (Å²) in [5.41, 5.74) is 2.74. The van der Waals surface area contributed by atoms with Gasteiger partial charge in [0.25, 0.3) is 0 Å². The molecule has 0 spiro atoms. The normalized spacial score (nSPS) is 16.6. The van der Waals surface area contributed by atoms with Gasteiger partial charge in [0.1, 0.15) is 11.9 Å². The molecule has 1 saturated heterocycles. The van der Waals surface area contributed by atoms with Crippen LogP contribution in [0.5, 0.6) is 0 Å². The van der Waals surface area contributed by atoms with Gasteiger partial charge in [0.15, 0.2) is 5.89 Å². The Labute approximate surface area is 169 Å². The van der Waals surface area contributed by atoms with Gasteiger partial charge in [0.2, 0.25) is 17.5 Å². The highest BCUT2D eigenvalue weighted by Gasteiger charge is 2.28. The maximum atomic E-state index is 14.6. The van der Waals surface area contributed by atoms with Crippen LogP contribution in [0.2, 0.25) is 0 Å². The van der Waals surface area contributed by atoms with E-state index in [0.29, 0.717) is 50.2 Å². The summed E-state index contributed by atoms with van der Waals surface area (Å²) in [6.45, 7) is 6.65. The zero-order chi connectivity index (χ0) is 20.5. The van der Waals surface area contributed by atoms with Crippen LogP contribution in [0.25, 0.3) is 0 Å². The molecular weight excluding hydrogens is 373 g/mol. The van der Waals surface area contributed by atoms with Crippen LogP contribution >= 0.6 is 0 Å². The molecule has 2 aliphatic rings.